The van der Waals surface area contributed by atoms with E-state index in [1.807, 2.05) is 33.4 Å². The number of hydrogen-bond acceptors (Lipinski definition) is 6. The number of para-hydroxylation sites is 2. The van der Waals surface area contributed by atoms with Crippen LogP contribution in [0.25, 0.3) is 33.9 Å². The Kier molecular flexibility index (Phi) is 9.84. The Morgan fingerprint density at radius 3 is 1.31 bits per heavy atom. The molecule has 0 unspecified atom stereocenters. The number of benzene rings is 4. The van der Waals surface area contributed by atoms with Crippen molar-refractivity contribution in [3.63, 3.8) is 0 Å². The molecule has 0 bridgehead atoms. The number of aromatic nitrogens is 4. The Labute approximate surface area is 349 Å². The van der Waals surface area contributed by atoms with Crippen molar-refractivity contribution in [2.45, 2.75) is 112 Å². The molecule has 6 nitrogen and oxygen atoms in total. The number of hydrogen-bond donors (Lipinski definition) is 0. The quantitative estimate of drug-likeness (QED) is 0.0910. The summed E-state index contributed by atoms with van der Waals surface area (Å²) < 4.78 is 3.82. The Morgan fingerprint density at radius 2 is 0.897 bits per heavy atom. The zero-order valence-corrected chi connectivity index (χ0v) is 35.2. The van der Waals surface area contributed by atoms with E-state index in [0.717, 1.165) is 120 Å². The van der Waals surface area contributed by atoms with Crippen LogP contribution < -0.4 is 11.1 Å². The number of aryl methyl sites for hydroxylation is 2. The van der Waals surface area contributed by atoms with Crippen molar-refractivity contribution in [3.05, 3.63) is 151 Å². The zero-order valence-electron chi connectivity index (χ0n) is 33.6. The van der Waals surface area contributed by atoms with Crippen LogP contribution in [0, 0.1) is 13.8 Å². The van der Waals surface area contributed by atoms with Crippen molar-refractivity contribution in [3.8, 4) is 33.9 Å². The molecule has 2 aromatic heterocycles. The van der Waals surface area contributed by atoms with Gasteiger partial charge in [0.15, 0.2) is 10.3 Å². The van der Waals surface area contributed by atoms with E-state index in [9.17, 15) is 0 Å². The van der Waals surface area contributed by atoms with Gasteiger partial charge >= 0.3 is 0 Å². The summed E-state index contributed by atoms with van der Waals surface area (Å²) in [5.74, 6) is 1.35. The fourth-order valence-electron chi connectivity index (χ4n) is 10.9. The van der Waals surface area contributed by atoms with Crippen molar-refractivity contribution >= 4 is 23.5 Å². The highest BCUT2D eigenvalue weighted by Gasteiger charge is 2.45. The van der Waals surface area contributed by atoms with Crippen molar-refractivity contribution in [2.75, 3.05) is 11.5 Å². The molecule has 294 valence electrons. The molecule has 58 heavy (non-hydrogen) atoms. The monoisotopic (exact) mass is 802 g/mol. The molecule has 0 amide bonds. The van der Waals surface area contributed by atoms with E-state index in [2.05, 4.69) is 86.6 Å². The fraction of sp³-hybridized carbons (Fsp3) is 0.360. The Balaban J connectivity index is 1.06. The normalized spacial score (nSPS) is 17.3. The molecule has 2 heterocycles. The summed E-state index contributed by atoms with van der Waals surface area (Å²) >= 11 is 3.25. The molecule has 8 heteroatoms. The van der Waals surface area contributed by atoms with Gasteiger partial charge in [-0.2, -0.15) is 0 Å². The molecule has 0 saturated heterocycles. The lowest BCUT2D eigenvalue weighted by atomic mass is 9.62. The molecule has 0 radical (unpaired) electrons. The van der Waals surface area contributed by atoms with Gasteiger partial charge in [0.25, 0.3) is 11.1 Å². The highest BCUT2D eigenvalue weighted by molar-refractivity contribution is 8.02. The van der Waals surface area contributed by atoms with Crippen LogP contribution in [0.2, 0.25) is 0 Å². The average Bonchev–Trinajstić information content (AvgIpc) is 3.24. The topological polar surface area (TPSA) is 69.8 Å². The molecule has 2 fully saturated rings. The third-order valence-corrected chi connectivity index (χ3v) is 15.8. The molecule has 6 aromatic rings. The maximum atomic E-state index is 15.2. The van der Waals surface area contributed by atoms with Gasteiger partial charge in [-0.25, -0.2) is 9.97 Å². The van der Waals surface area contributed by atoms with Crippen LogP contribution in [0.1, 0.15) is 97.6 Å². The third-order valence-electron chi connectivity index (χ3n) is 13.6. The van der Waals surface area contributed by atoms with E-state index in [1.165, 1.54) is 24.0 Å². The summed E-state index contributed by atoms with van der Waals surface area (Å²) in [4.78, 5) is 41.4. The van der Waals surface area contributed by atoms with Crippen molar-refractivity contribution in [1.29, 1.82) is 0 Å². The molecule has 2 spiro atoms. The Morgan fingerprint density at radius 1 is 0.517 bits per heavy atom. The SMILES string of the molecule is Cc1ccccc1-n1c(SCCSc2nc3c(c(=O)n2-c2ccccc2C)C2(CCCCC2)Cc2ccccc2-3)nc2c(c1=O)C1(CCCCC1)Cc1ccccc1-2. The van der Waals surface area contributed by atoms with Crippen LogP contribution in [0.5, 0.6) is 0 Å². The molecule has 10 rings (SSSR count). The second kappa shape index (κ2) is 15.2. The van der Waals surface area contributed by atoms with E-state index in [0.29, 0.717) is 21.8 Å². The summed E-state index contributed by atoms with van der Waals surface area (Å²) in [6, 6.07) is 33.6. The predicted molar refractivity (Wildman–Crippen MR) is 238 cm³/mol. The van der Waals surface area contributed by atoms with Gasteiger partial charge in [0, 0.05) is 33.5 Å². The van der Waals surface area contributed by atoms with E-state index < -0.39 is 0 Å². The van der Waals surface area contributed by atoms with Gasteiger partial charge < -0.3 is 0 Å². The minimum atomic E-state index is -0.193. The first-order valence-corrected chi connectivity index (χ1v) is 23.2. The maximum Gasteiger partial charge on any atom is 0.263 e. The number of thioether (sulfide) groups is 2. The van der Waals surface area contributed by atoms with Gasteiger partial charge in [-0.1, -0.05) is 147 Å². The largest absolute Gasteiger partial charge is 0.268 e. The van der Waals surface area contributed by atoms with E-state index in [-0.39, 0.29) is 21.9 Å². The van der Waals surface area contributed by atoms with Crippen molar-refractivity contribution < 1.29 is 0 Å². The predicted octanol–water partition coefficient (Wildman–Crippen LogP) is 11.1. The van der Waals surface area contributed by atoms with Gasteiger partial charge in [0.05, 0.1) is 33.9 Å². The van der Waals surface area contributed by atoms with Crippen molar-refractivity contribution in [1.82, 2.24) is 19.1 Å². The second-order valence-corrected chi connectivity index (χ2v) is 19.3. The minimum absolute atomic E-state index is 0.0749. The summed E-state index contributed by atoms with van der Waals surface area (Å²) in [5.41, 5.74) is 12.0. The third kappa shape index (κ3) is 6.24. The molecule has 0 atom stereocenters. The van der Waals surface area contributed by atoms with Gasteiger partial charge in [-0.05, 0) is 86.8 Å². The highest BCUT2D eigenvalue weighted by atomic mass is 32.2. The lowest BCUT2D eigenvalue weighted by Crippen LogP contribution is -2.43. The highest BCUT2D eigenvalue weighted by Crippen LogP contribution is 2.51. The van der Waals surface area contributed by atoms with E-state index in [1.54, 1.807) is 23.5 Å². The number of rotatable bonds is 7. The first-order chi connectivity index (χ1) is 28.4. The molecular formula is C50H50N4O2S2. The van der Waals surface area contributed by atoms with Crippen LogP contribution in [0.3, 0.4) is 0 Å². The van der Waals surface area contributed by atoms with Crippen LogP contribution >= 0.6 is 23.5 Å². The summed E-state index contributed by atoms with van der Waals surface area (Å²) in [6.07, 6.45) is 12.8. The standard InChI is InChI=1S/C50H50N4O2S2/c1-33-17-5-11-23-39(33)53-45(55)41-43(37-21-9-7-19-35(37)31-49(41)25-13-3-14-26-49)51-47(53)57-29-30-58-48-52-44-38-22-10-8-20-36(38)32-50(27-15-4-16-28-50)42(44)46(56)54(48)40-24-12-6-18-34(40)2/h5-12,17-24H,3-4,13-16,25-32H2,1-2H3. The summed E-state index contributed by atoms with van der Waals surface area (Å²) in [5, 5.41) is 1.42. The smallest absolute Gasteiger partial charge is 0.263 e. The van der Waals surface area contributed by atoms with Gasteiger partial charge in [0.2, 0.25) is 0 Å². The molecular weight excluding hydrogens is 753 g/mol. The maximum absolute atomic E-state index is 15.2. The van der Waals surface area contributed by atoms with Gasteiger partial charge in [0.1, 0.15) is 0 Å². The Bertz CT molecular complexity index is 2500. The summed E-state index contributed by atoms with van der Waals surface area (Å²) in [7, 11) is 0. The molecule has 4 aliphatic rings. The van der Waals surface area contributed by atoms with Crippen LogP contribution in [0.15, 0.2) is 117 Å². The number of nitrogens with zero attached hydrogens (tertiary/aromatic N) is 4. The van der Waals surface area contributed by atoms with E-state index in [4.69, 9.17) is 9.97 Å². The average molecular weight is 803 g/mol. The lowest BCUT2D eigenvalue weighted by Gasteiger charge is -2.42. The van der Waals surface area contributed by atoms with Crippen LogP contribution in [-0.4, -0.2) is 30.6 Å². The minimum Gasteiger partial charge on any atom is -0.268 e. The number of fused-ring (bicyclic) bond motifs is 8. The Hall–Kier alpha value is -4.66. The first-order valence-electron chi connectivity index (χ1n) is 21.3. The molecule has 0 aliphatic heterocycles. The van der Waals surface area contributed by atoms with Gasteiger partial charge in [-0.15, -0.1) is 0 Å². The van der Waals surface area contributed by atoms with Crippen LogP contribution in [0.4, 0.5) is 0 Å². The van der Waals surface area contributed by atoms with Crippen LogP contribution in [-0.2, 0) is 23.7 Å². The fourth-order valence-corrected chi connectivity index (χ4v) is 12.9. The molecule has 2 saturated carbocycles. The summed E-state index contributed by atoms with van der Waals surface area (Å²) in [6.45, 7) is 4.17. The van der Waals surface area contributed by atoms with E-state index >= 15 is 9.59 Å². The zero-order chi connectivity index (χ0) is 39.4. The molecule has 4 aliphatic carbocycles. The first kappa shape index (κ1) is 37.6. The molecule has 0 N–H and O–H groups in total. The van der Waals surface area contributed by atoms with Crippen molar-refractivity contribution in [2.24, 2.45) is 0 Å². The van der Waals surface area contributed by atoms with Gasteiger partial charge in [-0.3, -0.25) is 18.7 Å². The second-order valence-electron chi connectivity index (χ2n) is 17.1. The molecule has 4 aromatic carbocycles. The lowest BCUT2D eigenvalue weighted by molar-refractivity contribution is 0.283.